The van der Waals surface area contributed by atoms with E-state index < -0.39 is 0 Å². The molecule has 0 aromatic heterocycles. The van der Waals surface area contributed by atoms with E-state index in [1.165, 1.54) is 38.3 Å². The molecule has 0 heterocycles. The number of hydrogen-bond acceptors (Lipinski definition) is 0. The van der Waals surface area contributed by atoms with Gasteiger partial charge in [-0.15, -0.1) is 0 Å². The van der Waals surface area contributed by atoms with Crippen molar-refractivity contribution in [3.63, 3.8) is 0 Å². The Morgan fingerprint density at radius 1 is 1.00 bits per heavy atom. The highest BCUT2D eigenvalue weighted by atomic mass is 127. The molecular formula is C7H18IP. The van der Waals surface area contributed by atoms with Crippen LogP contribution in [0, 0.1) is 0 Å². The summed E-state index contributed by atoms with van der Waals surface area (Å²) < 4.78 is 0. The van der Waals surface area contributed by atoms with Gasteiger partial charge in [-0.05, 0) is 22.1 Å². The fourth-order valence-corrected chi connectivity index (χ4v) is 1.13. The molecule has 0 aliphatic heterocycles. The molecule has 1 atom stereocenters. The zero-order valence-corrected chi connectivity index (χ0v) is 9.90. The highest BCUT2D eigenvalue weighted by molar-refractivity contribution is 7.16. The zero-order chi connectivity index (χ0) is 6.24. The summed E-state index contributed by atoms with van der Waals surface area (Å²) in [7, 11) is 2.09. The number of unbranched alkanes of at least 4 members (excludes halogenated alkanes) is 4. The van der Waals surface area contributed by atoms with Gasteiger partial charge in [-0.3, -0.25) is 0 Å². The molecule has 0 aromatic rings. The molecule has 0 saturated carbocycles. The number of hydrogen-bond donors (Lipinski definition) is 0. The van der Waals surface area contributed by atoms with Crippen LogP contribution in [0.25, 0.3) is 0 Å². The Hall–Kier alpha value is 1.16. The van der Waals surface area contributed by atoms with Crippen LogP contribution in [0.3, 0.4) is 0 Å². The summed E-state index contributed by atoms with van der Waals surface area (Å²) in [5, 5.41) is 0. The molecule has 0 nitrogen and oxygen atoms in total. The van der Waals surface area contributed by atoms with Crippen molar-refractivity contribution >= 4 is 9.24 Å². The third kappa shape index (κ3) is 12.4. The summed E-state index contributed by atoms with van der Waals surface area (Å²) >= 11 is 0. The Labute approximate surface area is 78.4 Å². The molecule has 9 heavy (non-hydrogen) atoms. The van der Waals surface area contributed by atoms with Crippen LogP contribution in [-0.4, -0.2) is 6.16 Å². The van der Waals surface area contributed by atoms with Crippen LogP contribution in [0.1, 0.15) is 39.0 Å². The van der Waals surface area contributed by atoms with Crippen molar-refractivity contribution in [2.45, 2.75) is 39.0 Å². The summed E-state index contributed by atoms with van der Waals surface area (Å²) in [5.41, 5.74) is 0. The lowest BCUT2D eigenvalue weighted by atomic mass is 10.2. The van der Waals surface area contributed by atoms with Crippen LogP contribution in [0.15, 0.2) is 0 Å². The van der Waals surface area contributed by atoms with Gasteiger partial charge in [-0.25, -0.2) is 0 Å². The lowest BCUT2D eigenvalue weighted by Crippen LogP contribution is -3.00. The Kier molecular flexibility index (Phi) is 16.9. The first-order chi connectivity index (χ1) is 3.91. The Morgan fingerprint density at radius 2 is 1.56 bits per heavy atom. The second kappa shape index (κ2) is 11.9. The van der Waals surface area contributed by atoms with Crippen molar-refractivity contribution in [2.75, 3.05) is 6.16 Å². The first kappa shape index (κ1) is 12.8. The van der Waals surface area contributed by atoms with Crippen LogP contribution >= 0.6 is 9.24 Å². The summed E-state index contributed by atoms with van der Waals surface area (Å²) in [6.45, 7) is 2.26. The zero-order valence-electron chi connectivity index (χ0n) is 6.33. The van der Waals surface area contributed by atoms with Crippen molar-refractivity contribution in [3.8, 4) is 0 Å². The second-order valence-electron chi connectivity index (χ2n) is 2.27. The standard InChI is InChI=1S/C7H17P.HI/c1-2-3-4-5-6-7-8;/h2-8H2,1H3;1H. The van der Waals surface area contributed by atoms with Gasteiger partial charge in [0.05, 0.1) is 6.16 Å². The van der Waals surface area contributed by atoms with E-state index in [-0.39, 0.29) is 24.0 Å². The number of halogens is 1. The molecule has 0 aliphatic carbocycles. The third-order valence-electron chi connectivity index (χ3n) is 1.35. The quantitative estimate of drug-likeness (QED) is 0.357. The van der Waals surface area contributed by atoms with E-state index in [0.29, 0.717) is 0 Å². The minimum atomic E-state index is 0. The molecule has 0 rings (SSSR count). The molecule has 0 saturated heterocycles. The van der Waals surface area contributed by atoms with Gasteiger partial charge >= 0.3 is 0 Å². The summed E-state index contributed by atoms with van der Waals surface area (Å²) in [5.74, 6) is 0. The minimum Gasteiger partial charge on any atom is -1.00 e. The molecule has 0 amide bonds. The molecule has 1 unspecified atom stereocenters. The van der Waals surface area contributed by atoms with Gasteiger partial charge in [0.1, 0.15) is 0 Å². The van der Waals surface area contributed by atoms with Gasteiger partial charge in [0, 0.05) is 0 Å². The van der Waals surface area contributed by atoms with Crippen molar-refractivity contribution in [1.82, 2.24) is 0 Å². The second-order valence-corrected chi connectivity index (χ2v) is 2.97. The van der Waals surface area contributed by atoms with Gasteiger partial charge in [0.15, 0.2) is 0 Å². The molecule has 0 aromatic carbocycles. The smallest absolute Gasteiger partial charge is 0.0526 e. The molecule has 0 spiro atoms. The Balaban J connectivity index is 0. The predicted octanol–water partition coefficient (Wildman–Crippen LogP) is -0.432. The van der Waals surface area contributed by atoms with E-state index in [4.69, 9.17) is 0 Å². The molecule has 0 radical (unpaired) electrons. The summed E-state index contributed by atoms with van der Waals surface area (Å²) in [4.78, 5) is 0. The topological polar surface area (TPSA) is 0 Å². The van der Waals surface area contributed by atoms with Crippen LogP contribution < -0.4 is 24.0 Å². The largest absolute Gasteiger partial charge is 1.00 e. The Morgan fingerprint density at radius 3 is 2.00 bits per heavy atom. The van der Waals surface area contributed by atoms with E-state index in [0.717, 1.165) is 0 Å². The van der Waals surface area contributed by atoms with Crippen LogP contribution in [0.4, 0.5) is 0 Å². The van der Waals surface area contributed by atoms with E-state index in [9.17, 15) is 0 Å². The molecule has 0 aliphatic rings. The van der Waals surface area contributed by atoms with Gasteiger partial charge in [0.2, 0.25) is 0 Å². The molecule has 0 bridgehead atoms. The van der Waals surface area contributed by atoms with Gasteiger partial charge in [-0.1, -0.05) is 26.2 Å². The van der Waals surface area contributed by atoms with Crippen LogP contribution in [-0.2, 0) is 0 Å². The summed E-state index contributed by atoms with van der Waals surface area (Å²) in [6.07, 6.45) is 8.55. The van der Waals surface area contributed by atoms with Crippen molar-refractivity contribution in [2.24, 2.45) is 0 Å². The third-order valence-corrected chi connectivity index (χ3v) is 1.85. The fraction of sp³-hybridized carbons (Fsp3) is 1.00. The average molecular weight is 260 g/mol. The van der Waals surface area contributed by atoms with Gasteiger partial charge in [-0.2, -0.15) is 0 Å². The molecule has 2 heteroatoms. The normalized spacial score (nSPS) is 9.00. The van der Waals surface area contributed by atoms with Crippen LogP contribution in [0.5, 0.6) is 0 Å². The first-order valence-electron chi connectivity index (χ1n) is 3.71. The fourth-order valence-electron chi connectivity index (χ4n) is 0.780. The average Bonchev–Trinajstić information content (AvgIpc) is 1.81. The molecule has 0 N–H and O–H groups in total. The maximum Gasteiger partial charge on any atom is 0.0526 e. The van der Waals surface area contributed by atoms with Gasteiger partial charge < -0.3 is 24.0 Å². The van der Waals surface area contributed by atoms with Gasteiger partial charge in [0.25, 0.3) is 0 Å². The minimum absolute atomic E-state index is 0. The maximum atomic E-state index is 2.26. The monoisotopic (exact) mass is 260 g/mol. The van der Waals surface area contributed by atoms with Crippen molar-refractivity contribution < 1.29 is 24.0 Å². The molecular weight excluding hydrogens is 242 g/mol. The lowest BCUT2D eigenvalue weighted by Gasteiger charge is -1.92. The van der Waals surface area contributed by atoms with E-state index in [1.807, 2.05) is 0 Å². The number of rotatable bonds is 5. The first-order valence-corrected chi connectivity index (χ1v) is 4.71. The Bertz CT molecular complexity index is 33.9. The molecule has 0 fully saturated rings. The van der Waals surface area contributed by atoms with Crippen molar-refractivity contribution in [3.05, 3.63) is 0 Å². The summed E-state index contributed by atoms with van der Waals surface area (Å²) in [6, 6.07) is 0. The van der Waals surface area contributed by atoms with E-state index in [1.54, 1.807) is 0 Å². The van der Waals surface area contributed by atoms with E-state index in [2.05, 4.69) is 16.2 Å². The van der Waals surface area contributed by atoms with Crippen LogP contribution in [0.2, 0.25) is 0 Å². The van der Waals surface area contributed by atoms with E-state index >= 15 is 0 Å². The maximum absolute atomic E-state index is 2.26. The molecule has 58 valence electrons. The lowest BCUT2D eigenvalue weighted by molar-refractivity contribution is -0.00000175. The van der Waals surface area contributed by atoms with Crippen molar-refractivity contribution in [1.29, 1.82) is 0 Å². The SMILES string of the molecule is CCCCCCC[PH3+].[I-]. The highest BCUT2D eigenvalue weighted by Crippen LogP contribution is 2.03. The predicted molar refractivity (Wildman–Crippen MR) is 44.7 cm³/mol. The highest BCUT2D eigenvalue weighted by Gasteiger charge is 1.85.